The summed E-state index contributed by atoms with van der Waals surface area (Å²) in [6.45, 7) is 5.62. The molecule has 1 aliphatic carbocycles. The molecule has 0 radical (unpaired) electrons. The van der Waals surface area contributed by atoms with Crippen LogP contribution in [0.15, 0.2) is 12.7 Å². The molecule has 3 heteroatoms. The molecule has 1 rings (SSSR count). The first-order chi connectivity index (χ1) is 6.65. The normalized spacial score (nSPS) is 20.7. The van der Waals surface area contributed by atoms with E-state index in [0.29, 0.717) is 12.3 Å². The molecule has 80 valence electrons. The summed E-state index contributed by atoms with van der Waals surface area (Å²) in [5.41, 5.74) is 5.65. The van der Waals surface area contributed by atoms with Gasteiger partial charge in [-0.05, 0) is 32.1 Å². The zero-order valence-corrected chi connectivity index (χ0v) is 8.83. The summed E-state index contributed by atoms with van der Waals surface area (Å²) in [7, 11) is 0. The maximum absolute atomic E-state index is 11.5. The van der Waals surface area contributed by atoms with Gasteiger partial charge in [0.25, 0.3) is 0 Å². The third-order valence-electron chi connectivity index (χ3n) is 2.98. The minimum absolute atomic E-state index is 0.0516. The van der Waals surface area contributed by atoms with Crippen molar-refractivity contribution in [3.05, 3.63) is 12.7 Å². The van der Waals surface area contributed by atoms with Gasteiger partial charge in [0, 0.05) is 6.04 Å². The molecule has 2 unspecified atom stereocenters. The highest BCUT2D eigenvalue weighted by atomic mass is 16.2. The van der Waals surface area contributed by atoms with E-state index in [-0.39, 0.29) is 11.9 Å². The van der Waals surface area contributed by atoms with Crippen molar-refractivity contribution in [1.29, 1.82) is 0 Å². The summed E-state index contributed by atoms with van der Waals surface area (Å²) in [5, 5.41) is 2.95. The first-order valence-corrected chi connectivity index (χ1v) is 5.32. The van der Waals surface area contributed by atoms with E-state index in [1.165, 1.54) is 19.3 Å². The van der Waals surface area contributed by atoms with Gasteiger partial charge in [-0.15, -0.1) is 6.58 Å². The molecule has 2 atom stereocenters. The maximum Gasteiger partial charge on any atom is 0.237 e. The number of amides is 1. The zero-order valence-electron chi connectivity index (χ0n) is 8.83. The molecule has 3 N–H and O–H groups in total. The fourth-order valence-corrected chi connectivity index (χ4v) is 1.68. The molecule has 1 aliphatic rings. The van der Waals surface area contributed by atoms with E-state index < -0.39 is 6.04 Å². The molecule has 0 aromatic carbocycles. The lowest BCUT2D eigenvalue weighted by atomic mass is 9.80. The number of rotatable bonds is 5. The second-order valence-corrected chi connectivity index (χ2v) is 4.12. The van der Waals surface area contributed by atoms with Gasteiger partial charge in [0.1, 0.15) is 0 Å². The van der Waals surface area contributed by atoms with Crippen LogP contribution in [0.2, 0.25) is 0 Å². The van der Waals surface area contributed by atoms with Crippen molar-refractivity contribution in [1.82, 2.24) is 5.32 Å². The van der Waals surface area contributed by atoms with E-state index in [1.807, 2.05) is 0 Å². The Balaban J connectivity index is 2.27. The van der Waals surface area contributed by atoms with Crippen molar-refractivity contribution in [2.24, 2.45) is 11.7 Å². The SMILES string of the molecule is C=CCC(N)C(=O)NC(C)C1CCC1. The molecule has 0 saturated heterocycles. The Kier molecular flexibility index (Phi) is 4.14. The fourth-order valence-electron chi connectivity index (χ4n) is 1.68. The molecule has 0 bridgehead atoms. The second kappa shape index (κ2) is 5.15. The molecule has 14 heavy (non-hydrogen) atoms. The number of carbonyl (C=O) groups excluding carboxylic acids is 1. The summed E-state index contributed by atoms with van der Waals surface area (Å²) in [4.78, 5) is 11.5. The van der Waals surface area contributed by atoms with Crippen LogP contribution in [0.3, 0.4) is 0 Å². The summed E-state index contributed by atoms with van der Waals surface area (Å²) in [6.07, 6.45) is 5.99. The second-order valence-electron chi connectivity index (χ2n) is 4.12. The van der Waals surface area contributed by atoms with Crippen molar-refractivity contribution in [2.75, 3.05) is 0 Å². The van der Waals surface area contributed by atoms with Gasteiger partial charge in [-0.2, -0.15) is 0 Å². The lowest BCUT2D eigenvalue weighted by Crippen LogP contribution is -2.47. The Morgan fingerprint density at radius 2 is 2.36 bits per heavy atom. The van der Waals surface area contributed by atoms with Gasteiger partial charge in [0.05, 0.1) is 6.04 Å². The predicted molar refractivity (Wildman–Crippen MR) is 57.7 cm³/mol. The third-order valence-corrected chi connectivity index (χ3v) is 2.98. The Hall–Kier alpha value is -0.830. The van der Waals surface area contributed by atoms with Crippen LogP contribution >= 0.6 is 0 Å². The molecular weight excluding hydrogens is 176 g/mol. The van der Waals surface area contributed by atoms with E-state index in [2.05, 4.69) is 18.8 Å². The van der Waals surface area contributed by atoms with E-state index >= 15 is 0 Å². The fraction of sp³-hybridized carbons (Fsp3) is 0.727. The molecule has 0 spiro atoms. The van der Waals surface area contributed by atoms with Gasteiger partial charge < -0.3 is 11.1 Å². The van der Waals surface area contributed by atoms with Crippen LogP contribution in [0.5, 0.6) is 0 Å². The monoisotopic (exact) mass is 196 g/mol. The Morgan fingerprint density at radius 1 is 1.71 bits per heavy atom. The zero-order chi connectivity index (χ0) is 10.6. The average molecular weight is 196 g/mol. The quantitative estimate of drug-likeness (QED) is 0.649. The number of nitrogens with two attached hydrogens (primary N) is 1. The Bertz CT molecular complexity index is 211. The largest absolute Gasteiger partial charge is 0.352 e. The number of nitrogens with one attached hydrogen (secondary N) is 1. The van der Waals surface area contributed by atoms with Gasteiger partial charge in [0.2, 0.25) is 5.91 Å². The molecule has 0 aromatic rings. The van der Waals surface area contributed by atoms with Crippen LogP contribution < -0.4 is 11.1 Å². The van der Waals surface area contributed by atoms with Crippen molar-refractivity contribution in [2.45, 2.75) is 44.7 Å². The van der Waals surface area contributed by atoms with Gasteiger partial charge in [-0.3, -0.25) is 4.79 Å². The van der Waals surface area contributed by atoms with Crippen molar-refractivity contribution in [3.8, 4) is 0 Å². The lowest BCUT2D eigenvalue weighted by Gasteiger charge is -2.32. The highest BCUT2D eigenvalue weighted by molar-refractivity contribution is 5.81. The van der Waals surface area contributed by atoms with Crippen molar-refractivity contribution >= 4 is 5.91 Å². The summed E-state index contributed by atoms with van der Waals surface area (Å²) in [6, 6.07) is -0.165. The van der Waals surface area contributed by atoms with Gasteiger partial charge in [0.15, 0.2) is 0 Å². The van der Waals surface area contributed by atoms with Crippen LogP contribution in [0.1, 0.15) is 32.6 Å². The first-order valence-electron chi connectivity index (χ1n) is 5.32. The molecule has 0 aliphatic heterocycles. The van der Waals surface area contributed by atoms with Gasteiger partial charge in [-0.25, -0.2) is 0 Å². The van der Waals surface area contributed by atoms with Crippen LogP contribution in [0, 0.1) is 5.92 Å². The molecule has 1 fully saturated rings. The van der Waals surface area contributed by atoms with Crippen LogP contribution in [-0.2, 0) is 4.79 Å². The van der Waals surface area contributed by atoms with Crippen molar-refractivity contribution in [3.63, 3.8) is 0 Å². The van der Waals surface area contributed by atoms with Crippen LogP contribution in [0.25, 0.3) is 0 Å². The smallest absolute Gasteiger partial charge is 0.237 e. The van der Waals surface area contributed by atoms with E-state index in [9.17, 15) is 4.79 Å². The van der Waals surface area contributed by atoms with E-state index in [4.69, 9.17) is 5.73 Å². The van der Waals surface area contributed by atoms with Crippen LogP contribution in [0.4, 0.5) is 0 Å². The minimum Gasteiger partial charge on any atom is -0.352 e. The standard InChI is InChI=1S/C11H20N2O/c1-3-5-10(12)11(14)13-8(2)9-6-4-7-9/h3,8-10H,1,4-7,12H2,2H3,(H,13,14). The summed E-state index contributed by atoms with van der Waals surface area (Å²) in [5.74, 6) is 0.610. The van der Waals surface area contributed by atoms with E-state index in [1.54, 1.807) is 6.08 Å². The number of hydrogen-bond acceptors (Lipinski definition) is 2. The molecule has 0 heterocycles. The van der Waals surface area contributed by atoms with Crippen LogP contribution in [-0.4, -0.2) is 18.0 Å². The van der Waals surface area contributed by atoms with E-state index in [0.717, 1.165) is 0 Å². The first kappa shape index (κ1) is 11.2. The molecular formula is C11H20N2O. The maximum atomic E-state index is 11.5. The Labute approximate surface area is 85.7 Å². The van der Waals surface area contributed by atoms with Gasteiger partial charge in [-0.1, -0.05) is 12.5 Å². The highest BCUT2D eigenvalue weighted by Crippen LogP contribution is 2.29. The summed E-state index contributed by atoms with van der Waals surface area (Å²) < 4.78 is 0. The predicted octanol–water partition coefficient (Wildman–Crippen LogP) is 1.19. The topological polar surface area (TPSA) is 55.1 Å². The third kappa shape index (κ3) is 2.84. The lowest BCUT2D eigenvalue weighted by molar-refractivity contribution is -0.123. The number of hydrogen-bond donors (Lipinski definition) is 2. The van der Waals surface area contributed by atoms with Gasteiger partial charge >= 0.3 is 0 Å². The average Bonchev–Trinajstić information content (AvgIpc) is 2.00. The molecule has 0 aromatic heterocycles. The molecule has 1 amide bonds. The molecule has 1 saturated carbocycles. The Morgan fingerprint density at radius 3 is 2.79 bits per heavy atom. The van der Waals surface area contributed by atoms with Crippen molar-refractivity contribution < 1.29 is 4.79 Å². The number of carbonyl (C=O) groups is 1. The summed E-state index contributed by atoms with van der Waals surface area (Å²) >= 11 is 0. The molecule has 3 nitrogen and oxygen atoms in total. The highest BCUT2D eigenvalue weighted by Gasteiger charge is 2.25. The minimum atomic E-state index is -0.435.